The molecule has 2 aromatic carbocycles. The van der Waals surface area contributed by atoms with Gasteiger partial charge in [0.1, 0.15) is 6.33 Å². The molecule has 1 saturated heterocycles. The number of likely N-dealkylation sites (tertiary alicyclic amines) is 1. The summed E-state index contributed by atoms with van der Waals surface area (Å²) >= 11 is 0. The van der Waals surface area contributed by atoms with E-state index in [4.69, 9.17) is 0 Å². The van der Waals surface area contributed by atoms with Crippen molar-refractivity contribution in [3.05, 3.63) is 84.4 Å². The number of aromatic nitrogens is 2. The lowest BCUT2D eigenvalue weighted by atomic mass is 9.73. The second-order valence-corrected chi connectivity index (χ2v) is 8.97. The van der Waals surface area contributed by atoms with Gasteiger partial charge in [0.25, 0.3) is 0 Å². The van der Waals surface area contributed by atoms with Gasteiger partial charge in [0, 0.05) is 38.1 Å². The Balaban J connectivity index is 1.59. The van der Waals surface area contributed by atoms with Crippen LogP contribution in [0.5, 0.6) is 0 Å². The van der Waals surface area contributed by atoms with Gasteiger partial charge in [-0.1, -0.05) is 61.5 Å². The molecule has 2 atom stereocenters. The topological polar surface area (TPSA) is 58.1 Å². The van der Waals surface area contributed by atoms with Gasteiger partial charge in [-0.3, -0.25) is 4.79 Å². The van der Waals surface area contributed by atoms with Gasteiger partial charge in [0.15, 0.2) is 0 Å². The molecule has 1 N–H and O–H groups in total. The summed E-state index contributed by atoms with van der Waals surface area (Å²) < 4.78 is 0. The molecule has 5 heteroatoms. The lowest BCUT2D eigenvalue weighted by molar-refractivity contribution is -0.134. The normalized spacial score (nSPS) is 19.9. The van der Waals surface area contributed by atoms with Crippen LogP contribution in [0.1, 0.15) is 36.8 Å². The van der Waals surface area contributed by atoms with Gasteiger partial charge in [0.2, 0.25) is 5.91 Å². The van der Waals surface area contributed by atoms with Gasteiger partial charge in [0.05, 0.1) is 5.41 Å². The number of hydrogen-bond acceptors (Lipinski definition) is 4. The number of nitrogens with one attached hydrogen (secondary N) is 1. The first-order valence-corrected chi connectivity index (χ1v) is 11.4. The zero-order valence-electron chi connectivity index (χ0n) is 19.0. The van der Waals surface area contributed by atoms with Gasteiger partial charge in [-0.05, 0) is 48.4 Å². The summed E-state index contributed by atoms with van der Waals surface area (Å²) in [6.45, 7) is 5.03. The average Bonchev–Trinajstić information content (AvgIpc) is 2.85. The van der Waals surface area contributed by atoms with Crippen molar-refractivity contribution in [1.82, 2.24) is 20.2 Å². The fourth-order valence-corrected chi connectivity index (χ4v) is 5.09. The van der Waals surface area contributed by atoms with Crippen LogP contribution in [0.4, 0.5) is 0 Å². The third-order valence-corrected chi connectivity index (χ3v) is 6.68. The van der Waals surface area contributed by atoms with Crippen molar-refractivity contribution in [2.24, 2.45) is 5.41 Å². The molecule has 32 heavy (non-hydrogen) atoms. The summed E-state index contributed by atoms with van der Waals surface area (Å²) in [5.41, 5.74) is 4.16. The molecule has 1 fully saturated rings. The van der Waals surface area contributed by atoms with Crippen LogP contribution in [0.25, 0.3) is 11.1 Å². The van der Waals surface area contributed by atoms with E-state index in [0.717, 1.165) is 43.6 Å². The highest BCUT2D eigenvalue weighted by atomic mass is 16.2. The van der Waals surface area contributed by atoms with E-state index in [2.05, 4.69) is 75.6 Å². The number of nitrogens with zero attached hydrogens (tertiary/aromatic N) is 3. The van der Waals surface area contributed by atoms with E-state index in [1.54, 1.807) is 13.4 Å². The second-order valence-electron chi connectivity index (χ2n) is 8.97. The number of carbonyl (C=O) groups excluding carboxylic acids is 1. The van der Waals surface area contributed by atoms with E-state index in [0.29, 0.717) is 12.3 Å². The summed E-state index contributed by atoms with van der Waals surface area (Å²) in [4.78, 5) is 24.1. The minimum Gasteiger partial charge on any atom is -0.359 e. The van der Waals surface area contributed by atoms with Crippen LogP contribution in [0.15, 0.2) is 73.3 Å². The molecule has 1 aliphatic rings. The Kier molecular flexibility index (Phi) is 6.96. The Morgan fingerprint density at radius 1 is 1.09 bits per heavy atom. The van der Waals surface area contributed by atoms with Crippen molar-refractivity contribution in [2.75, 3.05) is 26.7 Å². The highest BCUT2D eigenvalue weighted by molar-refractivity contribution is 5.83. The summed E-state index contributed by atoms with van der Waals surface area (Å²) in [7, 11) is 1.76. The molecule has 4 rings (SSSR count). The maximum absolute atomic E-state index is 13.3. The number of rotatable bonds is 7. The molecule has 0 bridgehead atoms. The lowest BCUT2D eigenvalue weighted by Crippen LogP contribution is -2.53. The Morgan fingerprint density at radius 2 is 1.81 bits per heavy atom. The summed E-state index contributed by atoms with van der Waals surface area (Å²) in [6.07, 6.45) is 7.84. The largest absolute Gasteiger partial charge is 0.359 e. The van der Waals surface area contributed by atoms with E-state index in [9.17, 15) is 4.79 Å². The highest BCUT2D eigenvalue weighted by Crippen LogP contribution is 2.37. The minimum absolute atomic E-state index is 0.133. The maximum atomic E-state index is 13.3. The molecule has 0 saturated carbocycles. The van der Waals surface area contributed by atoms with Crippen molar-refractivity contribution < 1.29 is 4.79 Å². The SMILES string of the molecule is CNC(=O)[C@]1(Cc2ccccc2-c2cncnc2)CCCN(C[C@H](C)c2ccccc2)C1. The van der Waals surface area contributed by atoms with E-state index in [-0.39, 0.29) is 5.91 Å². The van der Waals surface area contributed by atoms with E-state index < -0.39 is 5.41 Å². The molecular weight excluding hydrogens is 396 g/mol. The summed E-state index contributed by atoms with van der Waals surface area (Å²) in [5.74, 6) is 0.555. The molecule has 0 spiro atoms. The molecular formula is C27H32N4O. The predicted molar refractivity (Wildman–Crippen MR) is 128 cm³/mol. The molecule has 1 amide bonds. The smallest absolute Gasteiger partial charge is 0.227 e. The van der Waals surface area contributed by atoms with Gasteiger partial charge in [-0.15, -0.1) is 0 Å². The Labute approximate surface area is 190 Å². The zero-order chi connectivity index (χ0) is 22.4. The molecule has 3 aromatic rings. The van der Waals surface area contributed by atoms with Crippen LogP contribution in [-0.2, 0) is 11.2 Å². The fraction of sp³-hybridized carbons (Fsp3) is 0.370. The first kappa shape index (κ1) is 22.2. The summed E-state index contributed by atoms with van der Waals surface area (Å²) in [5, 5.41) is 2.97. The van der Waals surface area contributed by atoms with E-state index in [1.807, 2.05) is 18.5 Å². The van der Waals surface area contributed by atoms with Crippen molar-refractivity contribution in [2.45, 2.75) is 32.1 Å². The third-order valence-electron chi connectivity index (χ3n) is 6.68. The van der Waals surface area contributed by atoms with Crippen LogP contribution in [0.2, 0.25) is 0 Å². The Morgan fingerprint density at radius 3 is 2.56 bits per heavy atom. The average molecular weight is 429 g/mol. The quantitative estimate of drug-likeness (QED) is 0.609. The minimum atomic E-state index is -0.449. The zero-order valence-corrected chi connectivity index (χ0v) is 19.0. The summed E-state index contributed by atoms with van der Waals surface area (Å²) in [6, 6.07) is 19.0. The molecule has 1 aromatic heterocycles. The Hall–Kier alpha value is -3.05. The molecule has 0 radical (unpaired) electrons. The standard InChI is InChI=1S/C27H32N4O/c1-21(22-9-4-3-5-10-22)18-31-14-8-13-27(19-31,26(32)28-2)15-23-11-6-7-12-25(23)24-16-29-20-30-17-24/h3-7,9-12,16-17,20-21H,8,13-15,18-19H2,1-2H3,(H,28,32)/t21-,27-/m0/s1. The number of carbonyl (C=O) groups is 1. The van der Waals surface area contributed by atoms with Crippen molar-refractivity contribution in [1.29, 1.82) is 0 Å². The predicted octanol–water partition coefficient (Wildman–Crippen LogP) is 4.32. The monoisotopic (exact) mass is 428 g/mol. The molecule has 0 unspecified atom stereocenters. The van der Waals surface area contributed by atoms with Crippen LogP contribution >= 0.6 is 0 Å². The van der Waals surface area contributed by atoms with Crippen LogP contribution < -0.4 is 5.32 Å². The molecule has 5 nitrogen and oxygen atoms in total. The van der Waals surface area contributed by atoms with Gasteiger partial charge in [-0.2, -0.15) is 0 Å². The maximum Gasteiger partial charge on any atom is 0.227 e. The number of amides is 1. The lowest BCUT2D eigenvalue weighted by Gasteiger charge is -2.42. The third kappa shape index (κ3) is 4.89. The van der Waals surface area contributed by atoms with Crippen molar-refractivity contribution >= 4 is 5.91 Å². The van der Waals surface area contributed by atoms with Crippen LogP contribution in [-0.4, -0.2) is 47.5 Å². The fourth-order valence-electron chi connectivity index (χ4n) is 5.09. The van der Waals surface area contributed by atoms with Crippen molar-refractivity contribution in [3.63, 3.8) is 0 Å². The second kappa shape index (κ2) is 10.0. The van der Waals surface area contributed by atoms with Crippen LogP contribution in [0.3, 0.4) is 0 Å². The number of benzene rings is 2. The molecule has 166 valence electrons. The van der Waals surface area contributed by atoms with E-state index in [1.165, 1.54) is 11.1 Å². The highest BCUT2D eigenvalue weighted by Gasteiger charge is 2.42. The molecule has 1 aliphatic heterocycles. The molecule has 0 aliphatic carbocycles. The number of hydrogen-bond donors (Lipinski definition) is 1. The Bertz CT molecular complexity index is 1020. The molecule has 2 heterocycles. The van der Waals surface area contributed by atoms with Gasteiger partial charge in [-0.25, -0.2) is 9.97 Å². The van der Waals surface area contributed by atoms with Crippen LogP contribution in [0, 0.1) is 5.41 Å². The van der Waals surface area contributed by atoms with Crippen molar-refractivity contribution in [3.8, 4) is 11.1 Å². The van der Waals surface area contributed by atoms with Gasteiger partial charge < -0.3 is 10.2 Å². The van der Waals surface area contributed by atoms with Gasteiger partial charge >= 0.3 is 0 Å². The first-order valence-electron chi connectivity index (χ1n) is 11.4. The first-order chi connectivity index (χ1) is 15.6. The number of piperidine rings is 1. The van der Waals surface area contributed by atoms with E-state index >= 15 is 0 Å².